The molecule has 27 heavy (non-hydrogen) atoms. The summed E-state index contributed by atoms with van der Waals surface area (Å²) >= 11 is 0. The molecule has 0 saturated carbocycles. The molecule has 2 fully saturated rings. The highest BCUT2D eigenvalue weighted by Gasteiger charge is 2.38. The molecule has 0 radical (unpaired) electrons. The molecule has 1 aromatic carbocycles. The second-order valence-electron chi connectivity index (χ2n) is 8.38. The average molecular weight is 379 g/mol. The SMILES string of the molecule is CC(C)(C)C(=O)N1CCCC1C(=O)Nc1cc(F)c(N2CCCC2)c(F)c1. The third-order valence-corrected chi connectivity index (χ3v) is 5.16. The maximum atomic E-state index is 14.5. The van der Waals surface area contributed by atoms with Gasteiger partial charge in [0.2, 0.25) is 11.8 Å². The number of rotatable bonds is 3. The average Bonchev–Trinajstić information content (AvgIpc) is 3.24. The van der Waals surface area contributed by atoms with Crippen LogP contribution >= 0.6 is 0 Å². The predicted octanol–water partition coefficient (Wildman–Crippen LogP) is 3.54. The smallest absolute Gasteiger partial charge is 0.247 e. The number of likely N-dealkylation sites (tertiary alicyclic amines) is 1. The highest BCUT2D eigenvalue weighted by atomic mass is 19.1. The normalized spacial score (nSPS) is 20.3. The summed E-state index contributed by atoms with van der Waals surface area (Å²) in [5.74, 6) is -1.86. The van der Waals surface area contributed by atoms with Crippen molar-refractivity contribution in [3.05, 3.63) is 23.8 Å². The summed E-state index contributed by atoms with van der Waals surface area (Å²) in [5.41, 5.74) is -0.540. The molecule has 5 nitrogen and oxygen atoms in total. The molecule has 0 aliphatic carbocycles. The lowest BCUT2D eigenvalue weighted by molar-refractivity contribution is -0.143. The van der Waals surface area contributed by atoms with Crippen LogP contribution in [0.3, 0.4) is 0 Å². The molecular formula is C20H27F2N3O2. The van der Waals surface area contributed by atoms with Gasteiger partial charge in [0.15, 0.2) is 11.6 Å². The summed E-state index contributed by atoms with van der Waals surface area (Å²) in [6.45, 7) is 7.21. The Balaban J connectivity index is 1.75. The third-order valence-electron chi connectivity index (χ3n) is 5.16. The fraction of sp³-hybridized carbons (Fsp3) is 0.600. The third kappa shape index (κ3) is 4.06. The molecule has 0 bridgehead atoms. The van der Waals surface area contributed by atoms with Crippen LogP contribution in [0.4, 0.5) is 20.2 Å². The standard InChI is InChI=1S/C20H27F2N3O2/c1-20(2,3)19(27)25-10-6-7-16(25)18(26)23-13-11-14(21)17(15(22)12-13)24-8-4-5-9-24/h11-12,16H,4-10H2,1-3H3,(H,23,26). The summed E-state index contributed by atoms with van der Waals surface area (Å²) in [7, 11) is 0. The second-order valence-corrected chi connectivity index (χ2v) is 8.38. The van der Waals surface area contributed by atoms with E-state index in [9.17, 15) is 18.4 Å². The van der Waals surface area contributed by atoms with E-state index in [4.69, 9.17) is 0 Å². The lowest BCUT2D eigenvalue weighted by Gasteiger charge is -2.30. The van der Waals surface area contributed by atoms with Crippen LogP contribution in [0.2, 0.25) is 0 Å². The zero-order chi connectivity index (χ0) is 19.8. The molecule has 2 aliphatic rings. The van der Waals surface area contributed by atoms with Gasteiger partial charge in [0.05, 0.1) is 0 Å². The lowest BCUT2D eigenvalue weighted by Crippen LogP contribution is -2.47. The minimum absolute atomic E-state index is 0.0316. The van der Waals surface area contributed by atoms with Crippen LogP contribution in [0.1, 0.15) is 46.5 Å². The maximum absolute atomic E-state index is 14.5. The summed E-state index contributed by atoms with van der Waals surface area (Å²) in [6.07, 6.45) is 3.11. The van der Waals surface area contributed by atoms with Gasteiger partial charge in [-0.15, -0.1) is 0 Å². The maximum Gasteiger partial charge on any atom is 0.247 e. The van der Waals surface area contributed by atoms with Gasteiger partial charge in [0, 0.05) is 30.7 Å². The van der Waals surface area contributed by atoms with Crippen LogP contribution < -0.4 is 10.2 Å². The highest BCUT2D eigenvalue weighted by Crippen LogP contribution is 2.31. The Labute approximate surface area is 158 Å². The summed E-state index contributed by atoms with van der Waals surface area (Å²) < 4.78 is 28.9. The lowest BCUT2D eigenvalue weighted by atomic mass is 9.94. The molecule has 2 aliphatic heterocycles. The molecule has 1 N–H and O–H groups in total. The van der Waals surface area contributed by atoms with E-state index in [0.29, 0.717) is 26.1 Å². The minimum atomic E-state index is -0.679. The molecule has 0 spiro atoms. The van der Waals surface area contributed by atoms with Crippen molar-refractivity contribution in [2.75, 3.05) is 29.9 Å². The number of halogens is 2. The first-order valence-electron chi connectivity index (χ1n) is 9.54. The predicted molar refractivity (Wildman–Crippen MR) is 101 cm³/mol. The van der Waals surface area contributed by atoms with Crippen molar-refractivity contribution in [2.45, 2.75) is 52.5 Å². The Bertz CT molecular complexity index is 716. The van der Waals surface area contributed by atoms with Gasteiger partial charge in [0.25, 0.3) is 0 Å². The summed E-state index contributed by atoms with van der Waals surface area (Å²) in [4.78, 5) is 28.5. The van der Waals surface area contributed by atoms with Crippen LogP contribution in [-0.4, -0.2) is 42.4 Å². The van der Waals surface area contributed by atoms with E-state index in [2.05, 4.69) is 5.32 Å². The Morgan fingerprint density at radius 2 is 1.63 bits per heavy atom. The molecule has 0 aromatic heterocycles. The van der Waals surface area contributed by atoms with E-state index in [1.807, 2.05) is 20.8 Å². The Hall–Kier alpha value is -2.18. The van der Waals surface area contributed by atoms with Crippen LogP contribution in [0.5, 0.6) is 0 Å². The first kappa shape index (κ1) is 19.6. The number of hydrogen-bond donors (Lipinski definition) is 1. The van der Waals surface area contributed by atoms with Gasteiger partial charge in [-0.2, -0.15) is 0 Å². The number of hydrogen-bond acceptors (Lipinski definition) is 3. The number of anilines is 2. The van der Waals surface area contributed by atoms with Gasteiger partial charge in [-0.3, -0.25) is 9.59 Å². The molecule has 2 saturated heterocycles. The molecule has 7 heteroatoms. The van der Waals surface area contributed by atoms with Crippen LogP contribution in [0, 0.1) is 17.0 Å². The fourth-order valence-electron chi connectivity index (χ4n) is 3.82. The molecule has 2 amide bonds. The molecule has 2 heterocycles. The van der Waals surface area contributed by atoms with Crippen LogP contribution in [0.15, 0.2) is 12.1 Å². The van der Waals surface area contributed by atoms with E-state index < -0.39 is 29.0 Å². The van der Waals surface area contributed by atoms with Gasteiger partial charge < -0.3 is 15.1 Å². The Morgan fingerprint density at radius 3 is 2.19 bits per heavy atom. The van der Waals surface area contributed by atoms with Gasteiger partial charge >= 0.3 is 0 Å². The van der Waals surface area contributed by atoms with Crippen molar-refractivity contribution in [1.82, 2.24) is 4.90 Å². The number of nitrogens with zero attached hydrogens (tertiary/aromatic N) is 2. The van der Waals surface area contributed by atoms with Crippen molar-refractivity contribution < 1.29 is 18.4 Å². The molecule has 1 atom stereocenters. The zero-order valence-electron chi connectivity index (χ0n) is 16.1. The van der Waals surface area contributed by atoms with Crippen LogP contribution in [0.25, 0.3) is 0 Å². The number of amides is 2. The highest BCUT2D eigenvalue weighted by molar-refractivity contribution is 5.98. The van der Waals surface area contributed by atoms with Crippen LogP contribution in [-0.2, 0) is 9.59 Å². The molecule has 1 unspecified atom stereocenters. The van der Waals surface area contributed by atoms with Gasteiger partial charge in [-0.05, 0) is 37.8 Å². The van der Waals surface area contributed by atoms with Crippen molar-refractivity contribution >= 4 is 23.2 Å². The van der Waals surface area contributed by atoms with Crippen molar-refractivity contribution in [3.63, 3.8) is 0 Å². The topological polar surface area (TPSA) is 52.7 Å². The minimum Gasteiger partial charge on any atom is -0.367 e. The van der Waals surface area contributed by atoms with Crippen molar-refractivity contribution in [1.29, 1.82) is 0 Å². The quantitative estimate of drug-likeness (QED) is 0.874. The van der Waals surface area contributed by atoms with Gasteiger partial charge in [-0.25, -0.2) is 8.78 Å². The molecular weight excluding hydrogens is 352 g/mol. The molecule has 1 aromatic rings. The second kappa shape index (κ2) is 7.44. The largest absolute Gasteiger partial charge is 0.367 e. The van der Waals surface area contributed by atoms with Crippen molar-refractivity contribution in [3.8, 4) is 0 Å². The van der Waals surface area contributed by atoms with E-state index >= 15 is 0 Å². The first-order valence-corrected chi connectivity index (χ1v) is 9.54. The van der Waals surface area contributed by atoms with Gasteiger partial charge in [0.1, 0.15) is 11.7 Å². The fourth-order valence-corrected chi connectivity index (χ4v) is 3.82. The van der Waals surface area contributed by atoms with Gasteiger partial charge in [-0.1, -0.05) is 20.8 Å². The molecule has 3 rings (SSSR count). The van der Waals surface area contributed by atoms with E-state index in [1.165, 1.54) is 0 Å². The first-order chi connectivity index (χ1) is 12.7. The van der Waals surface area contributed by atoms with E-state index in [1.54, 1.807) is 9.80 Å². The van der Waals surface area contributed by atoms with Crippen molar-refractivity contribution in [2.24, 2.45) is 5.41 Å². The number of carbonyl (C=O) groups is 2. The Morgan fingerprint density at radius 1 is 1.04 bits per heavy atom. The number of carbonyl (C=O) groups excluding carboxylic acids is 2. The summed E-state index contributed by atoms with van der Waals surface area (Å²) in [6, 6.07) is 1.69. The van der Waals surface area contributed by atoms with E-state index in [0.717, 1.165) is 31.4 Å². The number of benzene rings is 1. The molecule has 148 valence electrons. The zero-order valence-corrected chi connectivity index (χ0v) is 16.1. The van der Waals surface area contributed by atoms with E-state index in [-0.39, 0.29) is 17.3 Å². The number of nitrogens with one attached hydrogen (secondary N) is 1. The summed E-state index contributed by atoms with van der Waals surface area (Å²) in [5, 5.41) is 2.59. The Kier molecular flexibility index (Phi) is 5.40. The monoisotopic (exact) mass is 379 g/mol.